The van der Waals surface area contributed by atoms with Crippen LogP contribution in [0.3, 0.4) is 0 Å². The van der Waals surface area contributed by atoms with Gasteiger partial charge in [-0.3, -0.25) is 0 Å². The van der Waals surface area contributed by atoms with E-state index in [0.717, 1.165) is 12.8 Å². The van der Waals surface area contributed by atoms with Gasteiger partial charge in [-0.15, -0.1) is 6.58 Å². The first-order valence-corrected chi connectivity index (χ1v) is 8.63. The molecule has 1 heterocycles. The highest BCUT2D eigenvalue weighted by Crippen LogP contribution is 2.29. The lowest BCUT2D eigenvalue weighted by atomic mass is 10.1. The van der Waals surface area contributed by atoms with Crippen LogP contribution >= 0.6 is 0 Å². The van der Waals surface area contributed by atoms with Crippen molar-refractivity contribution in [3.8, 4) is 0 Å². The highest BCUT2D eigenvalue weighted by Gasteiger charge is 2.44. The lowest BCUT2D eigenvalue weighted by molar-refractivity contribution is -0.397. The van der Waals surface area contributed by atoms with Crippen molar-refractivity contribution in [1.29, 1.82) is 0 Å². The Bertz CT molecular complexity index is 266. The maximum atomic E-state index is 5.83. The summed E-state index contributed by atoms with van der Waals surface area (Å²) in [6, 6.07) is 0. The second-order valence-electron chi connectivity index (χ2n) is 5.57. The van der Waals surface area contributed by atoms with Crippen molar-refractivity contribution in [3.05, 3.63) is 12.7 Å². The van der Waals surface area contributed by atoms with E-state index in [1.165, 1.54) is 32.1 Å². The molecule has 0 aliphatic carbocycles. The molecule has 1 saturated heterocycles. The predicted octanol–water partition coefficient (Wildman–Crippen LogP) is 4.26. The molecule has 0 aromatic heterocycles. The van der Waals surface area contributed by atoms with Gasteiger partial charge in [0.15, 0.2) is 6.29 Å². The van der Waals surface area contributed by atoms with E-state index < -0.39 is 5.97 Å². The molecule has 1 fully saturated rings. The summed E-state index contributed by atoms with van der Waals surface area (Å²) in [6.45, 7) is 8.11. The Hall–Kier alpha value is -0.460. The summed E-state index contributed by atoms with van der Waals surface area (Å²) >= 11 is 0. The molecule has 23 heavy (non-hydrogen) atoms. The number of hydrogen-bond acceptors (Lipinski definition) is 5. The molecule has 0 aromatic carbocycles. The van der Waals surface area contributed by atoms with E-state index in [2.05, 4.69) is 13.5 Å². The first-order chi connectivity index (χ1) is 11.1. The normalized spacial score (nSPS) is 18.0. The lowest BCUT2D eigenvalue weighted by Gasteiger charge is -2.35. The van der Waals surface area contributed by atoms with Crippen LogP contribution in [0.15, 0.2) is 12.7 Å². The Balaban J connectivity index is 0.00000149. The molecule has 0 bridgehead atoms. The van der Waals surface area contributed by atoms with E-state index in [-0.39, 0.29) is 12.4 Å². The summed E-state index contributed by atoms with van der Waals surface area (Å²) in [5.74, 6) is -1.14. The van der Waals surface area contributed by atoms with Crippen molar-refractivity contribution >= 4 is 0 Å². The molecule has 0 spiro atoms. The summed E-state index contributed by atoms with van der Waals surface area (Å²) in [4.78, 5) is 0. The van der Waals surface area contributed by atoms with Crippen molar-refractivity contribution in [2.75, 3.05) is 27.9 Å². The molecule has 0 N–H and O–H groups in total. The molecule has 2 unspecified atom stereocenters. The van der Waals surface area contributed by atoms with E-state index in [9.17, 15) is 0 Å². The van der Waals surface area contributed by atoms with Gasteiger partial charge in [-0.1, -0.05) is 51.5 Å². The Morgan fingerprint density at radius 3 is 2.00 bits per heavy atom. The molecule has 1 aliphatic rings. The molecule has 1 rings (SSSR count). The number of unbranched alkanes of at least 4 members (excludes halogenated alkanes) is 5. The summed E-state index contributed by atoms with van der Waals surface area (Å²) in [5.41, 5.74) is 0. The van der Waals surface area contributed by atoms with Crippen LogP contribution in [0.2, 0.25) is 0 Å². The summed E-state index contributed by atoms with van der Waals surface area (Å²) in [5, 5.41) is 0. The number of methoxy groups -OCH3 is 3. The van der Waals surface area contributed by atoms with E-state index in [1.54, 1.807) is 27.4 Å². The third-order valence-corrected chi connectivity index (χ3v) is 3.69. The van der Waals surface area contributed by atoms with Crippen molar-refractivity contribution in [1.82, 2.24) is 0 Å². The van der Waals surface area contributed by atoms with Crippen LogP contribution in [-0.4, -0.2) is 46.3 Å². The van der Waals surface area contributed by atoms with Gasteiger partial charge < -0.3 is 23.7 Å². The van der Waals surface area contributed by atoms with E-state index in [0.29, 0.717) is 6.61 Å². The maximum absolute atomic E-state index is 5.83. The van der Waals surface area contributed by atoms with Gasteiger partial charge in [0.1, 0.15) is 12.7 Å². The first-order valence-electron chi connectivity index (χ1n) is 8.63. The molecule has 1 aliphatic heterocycles. The van der Waals surface area contributed by atoms with Crippen LogP contribution in [-0.2, 0) is 23.7 Å². The summed E-state index contributed by atoms with van der Waals surface area (Å²) in [6.07, 6.45) is 9.58. The predicted molar refractivity (Wildman–Crippen MR) is 92.2 cm³/mol. The molecule has 0 amide bonds. The first kappa shape index (κ1) is 22.5. The van der Waals surface area contributed by atoms with Crippen LogP contribution < -0.4 is 0 Å². The van der Waals surface area contributed by atoms with Gasteiger partial charge in [0.2, 0.25) is 0 Å². The minimum Gasteiger partial charge on any atom is -0.345 e. The molecule has 0 saturated carbocycles. The lowest BCUT2D eigenvalue weighted by Crippen LogP contribution is -2.49. The molecule has 0 radical (unpaired) electrons. The second kappa shape index (κ2) is 13.9. The van der Waals surface area contributed by atoms with Gasteiger partial charge >= 0.3 is 5.97 Å². The molecule has 5 nitrogen and oxygen atoms in total. The minimum atomic E-state index is -1.14. The van der Waals surface area contributed by atoms with Gasteiger partial charge in [0.25, 0.3) is 0 Å². The summed E-state index contributed by atoms with van der Waals surface area (Å²) in [7, 11) is 4.70. The number of rotatable bonds is 13. The largest absolute Gasteiger partial charge is 0.345 e. The van der Waals surface area contributed by atoms with Crippen LogP contribution in [0, 0.1) is 0 Å². The topological polar surface area (TPSA) is 49.5 Å². The van der Waals surface area contributed by atoms with Crippen molar-refractivity contribution in [3.63, 3.8) is 0 Å². The fourth-order valence-electron chi connectivity index (χ4n) is 2.38. The van der Waals surface area contributed by atoms with Crippen molar-refractivity contribution in [2.45, 2.75) is 77.2 Å². The van der Waals surface area contributed by atoms with Crippen molar-refractivity contribution < 1.29 is 23.7 Å². The van der Waals surface area contributed by atoms with E-state index in [4.69, 9.17) is 23.7 Å². The molecule has 2 atom stereocenters. The maximum Gasteiger partial charge on any atom is 0.310 e. The minimum absolute atomic E-state index is 0.139. The average Bonchev–Trinajstić information content (AvgIpc) is 3.37. The van der Waals surface area contributed by atoms with Crippen molar-refractivity contribution in [2.24, 2.45) is 0 Å². The average molecular weight is 332 g/mol. The van der Waals surface area contributed by atoms with Gasteiger partial charge in [0, 0.05) is 21.3 Å². The van der Waals surface area contributed by atoms with Gasteiger partial charge in [0.05, 0.1) is 0 Å². The third-order valence-electron chi connectivity index (χ3n) is 3.69. The second-order valence-corrected chi connectivity index (χ2v) is 5.57. The smallest absolute Gasteiger partial charge is 0.310 e. The fraction of sp³-hybridized carbons (Fsp3) is 0.889. The zero-order chi connectivity index (χ0) is 17.6. The SMILES string of the molecule is C=CC.CCCCCCCCC(OC1CO1)C(OC)(OC)OC. The van der Waals surface area contributed by atoms with Gasteiger partial charge in [-0.05, 0) is 13.3 Å². The van der Waals surface area contributed by atoms with Crippen LogP contribution in [0.4, 0.5) is 0 Å². The van der Waals surface area contributed by atoms with Crippen LogP contribution in [0.5, 0.6) is 0 Å². The van der Waals surface area contributed by atoms with Gasteiger partial charge in [-0.25, -0.2) is 0 Å². The zero-order valence-electron chi connectivity index (χ0n) is 15.6. The number of hydrogen-bond donors (Lipinski definition) is 0. The molecule has 138 valence electrons. The standard InChI is InChI=1S/C15H30O5.C3H6/c1-5-6-7-8-9-10-11-13(20-14-12-19-14)15(16-2,17-3)18-4;1-3-2/h13-14H,5-12H2,1-4H3;3H,1H2,2H3. The monoisotopic (exact) mass is 332 g/mol. The Morgan fingerprint density at radius 2 is 1.57 bits per heavy atom. The number of ether oxygens (including phenoxy) is 5. The van der Waals surface area contributed by atoms with E-state index in [1.807, 2.05) is 6.92 Å². The zero-order valence-corrected chi connectivity index (χ0v) is 15.6. The number of epoxide rings is 1. The molecule has 0 aromatic rings. The van der Waals surface area contributed by atoms with Crippen LogP contribution in [0.25, 0.3) is 0 Å². The fourth-order valence-corrected chi connectivity index (χ4v) is 2.38. The van der Waals surface area contributed by atoms with Gasteiger partial charge in [-0.2, -0.15) is 0 Å². The highest BCUT2D eigenvalue weighted by atomic mass is 16.9. The molecular weight excluding hydrogens is 296 g/mol. The summed E-state index contributed by atoms with van der Waals surface area (Å²) < 4.78 is 27.2. The molecular formula is C18H36O5. The quantitative estimate of drug-likeness (QED) is 0.218. The Kier molecular flexibility index (Phi) is 13.7. The number of allylic oxidation sites excluding steroid dienone is 1. The van der Waals surface area contributed by atoms with E-state index >= 15 is 0 Å². The van der Waals surface area contributed by atoms with Crippen LogP contribution in [0.1, 0.15) is 58.8 Å². The highest BCUT2D eigenvalue weighted by molar-refractivity contribution is 4.74. The Morgan fingerprint density at radius 1 is 1.09 bits per heavy atom. The molecule has 5 heteroatoms. The third kappa shape index (κ3) is 9.42. The Labute approximate surface area is 142 Å².